The second-order valence-electron chi connectivity index (χ2n) is 12.8. The number of phosphoric acid groups is 3. The maximum Gasteiger partial charge on any atom is 0.490 e. The summed E-state index contributed by atoms with van der Waals surface area (Å²) in [5.41, 5.74) is 5.46. The molecule has 1 amide bonds. The number of nitrogens with one attached hydrogen (secondary N) is 2. The molecule has 23 nitrogen and oxygen atoms in total. The van der Waals surface area contributed by atoms with Crippen LogP contribution in [0.2, 0.25) is 0 Å². The van der Waals surface area contributed by atoms with Crippen LogP contribution in [-0.4, -0.2) is 114 Å². The van der Waals surface area contributed by atoms with E-state index in [0.29, 0.717) is 38.4 Å². The number of ether oxygens (including phenoxy) is 5. The van der Waals surface area contributed by atoms with Gasteiger partial charge in [0.1, 0.15) is 24.2 Å². The standard InChI is InChI=1S/C30H48N5O18P3S4/c1-5-57-58-19-49-22-15-24(51-23(22)17-50-55(42,43)53-56(44,45)52-54(39,40)41)35-16-21(25-26(35)33-28(31)34-27(25)37)9-8-11-32-29(38)48-13-7-6-12-46-18-59-60-30(3,4)10-14-47-20(2)36/h16,22-24H,5-7,10-15,17-19H2,1-4H3,(H,32,38)(H,42,43)(H,44,45)(H2,39,40,41)(H3,31,33,34,37)/t22-,23+,24+/m0/s1. The first-order chi connectivity index (χ1) is 28.1. The predicted molar refractivity (Wildman–Crippen MR) is 225 cm³/mol. The first-order valence-electron chi connectivity index (χ1n) is 17.7. The third-order valence-corrected chi connectivity index (χ3v) is 16.4. The lowest BCUT2D eigenvalue weighted by atomic mass is 10.1. The smallest absolute Gasteiger partial charge is 0.466 e. The summed E-state index contributed by atoms with van der Waals surface area (Å²) < 4.78 is 76.8. The van der Waals surface area contributed by atoms with Crippen LogP contribution in [0.4, 0.5) is 10.7 Å². The number of aromatic nitrogens is 3. The molecule has 1 aliphatic heterocycles. The number of carbonyl (C=O) groups excluding carboxylic acids is 2. The summed E-state index contributed by atoms with van der Waals surface area (Å²) in [5, 5.41) is 2.55. The molecule has 0 bridgehead atoms. The lowest BCUT2D eigenvalue weighted by molar-refractivity contribution is -0.141. The SMILES string of the molecule is CCSSCO[C@H]1C[C@H](n2cc(C#CCNC(=O)OCCCCOCSSC(C)(C)CCOC(C)=O)c3c(=O)[nH]c(N)nc32)O[C@@H]1COP(=O)(O)OP(=O)(O)OP(=O)(O)O. The van der Waals surface area contributed by atoms with Gasteiger partial charge in [-0.1, -0.05) is 61.9 Å². The highest BCUT2D eigenvalue weighted by molar-refractivity contribution is 8.77. The lowest BCUT2D eigenvalue weighted by Gasteiger charge is -2.22. The Balaban J connectivity index is 1.57. The quantitative estimate of drug-likeness (QED) is 0.0169. The van der Waals surface area contributed by atoms with Crippen molar-refractivity contribution in [3.8, 4) is 11.8 Å². The molecule has 0 aromatic carbocycles. The van der Waals surface area contributed by atoms with E-state index in [1.54, 1.807) is 21.6 Å². The second-order valence-corrected chi connectivity index (χ2v) is 22.8. The fourth-order valence-corrected chi connectivity index (χ4v) is 11.6. The van der Waals surface area contributed by atoms with Crippen molar-refractivity contribution in [2.45, 2.75) is 76.6 Å². The van der Waals surface area contributed by atoms with Crippen molar-refractivity contribution in [1.29, 1.82) is 0 Å². The van der Waals surface area contributed by atoms with Gasteiger partial charge >= 0.3 is 35.5 Å². The number of nitrogens with zero attached hydrogens (tertiary/aromatic N) is 2. The number of aromatic amines is 1. The molecule has 0 radical (unpaired) electrons. The minimum absolute atomic E-state index is 0.0362. The van der Waals surface area contributed by atoms with Crippen molar-refractivity contribution in [3.63, 3.8) is 0 Å². The largest absolute Gasteiger partial charge is 0.490 e. The molecule has 1 fully saturated rings. The van der Waals surface area contributed by atoms with Gasteiger partial charge < -0.3 is 58.9 Å². The minimum Gasteiger partial charge on any atom is -0.466 e. The Morgan fingerprint density at radius 3 is 2.50 bits per heavy atom. The molecule has 340 valence electrons. The Kier molecular flexibility index (Phi) is 21.8. The van der Waals surface area contributed by atoms with Crippen molar-refractivity contribution in [1.82, 2.24) is 19.9 Å². The summed E-state index contributed by atoms with van der Waals surface area (Å²) in [6.45, 7) is 7.48. The van der Waals surface area contributed by atoms with Crippen LogP contribution in [0.1, 0.15) is 65.2 Å². The number of carbonyl (C=O) groups is 2. The van der Waals surface area contributed by atoms with Gasteiger partial charge in [0.05, 0.1) is 43.4 Å². The molecule has 0 saturated carbocycles. The van der Waals surface area contributed by atoms with E-state index in [0.717, 1.165) is 5.75 Å². The number of unbranched alkanes of at least 4 members (excludes halogenated alkanes) is 1. The number of rotatable bonds is 26. The summed E-state index contributed by atoms with van der Waals surface area (Å²) in [6, 6.07) is 0. The number of amides is 1. The molecule has 2 unspecified atom stereocenters. The zero-order valence-corrected chi connectivity index (χ0v) is 38.7. The van der Waals surface area contributed by atoms with Crippen molar-refractivity contribution in [3.05, 3.63) is 22.1 Å². The van der Waals surface area contributed by atoms with Gasteiger partial charge in [-0.05, 0) is 33.1 Å². The monoisotopic (exact) mass is 987 g/mol. The van der Waals surface area contributed by atoms with Crippen LogP contribution in [0.5, 0.6) is 0 Å². The van der Waals surface area contributed by atoms with E-state index < -0.39 is 60.2 Å². The minimum atomic E-state index is -5.76. The number of esters is 1. The average Bonchev–Trinajstić information content (AvgIpc) is 3.69. The molecule has 3 heterocycles. The van der Waals surface area contributed by atoms with Gasteiger partial charge in [-0.3, -0.25) is 19.1 Å². The summed E-state index contributed by atoms with van der Waals surface area (Å²) >= 11 is 0. The van der Waals surface area contributed by atoms with Gasteiger partial charge in [0.25, 0.3) is 5.56 Å². The van der Waals surface area contributed by atoms with Crippen molar-refractivity contribution < 1.29 is 79.7 Å². The first-order valence-corrected chi connectivity index (χ1v) is 27.0. The third kappa shape index (κ3) is 19.7. The van der Waals surface area contributed by atoms with Crippen LogP contribution in [-0.2, 0) is 55.3 Å². The van der Waals surface area contributed by atoms with E-state index in [4.69, 9.17) is 43.7 Å². The summed E-state index contributed by atoms with van der Waals surface area (Å²) in [4.78, 5) is 80.0. The zero-order chi connectivity index (χ0) is 44.6. The Morgan fingerprint density at radius 2 is 1.80 bits per heavy atom. The number of hydrogen-bond donors (Lipinski definition) is 7. The molecule has 0 spiro atoms. The zero-order valence-electron chi connectivity index (χ0n) is 32.7. The molecule has 60 heavy (non-hydrogen) atoms. The number of nitrogens with two attached hydrogens (primary N) is 1. The molecule has 30 heteroatoms. The summed E-state index contributed by atoms with van der Waals surface area (Å²) in [6.07, 6.45) is -0.200. The summed E-state index contributed by atoms with van der Waals surface area (Å²) in [5.74, 6) is 6.43. The van der Waals surface area contributed by atoms with Crippen molar-refractivity contribution in [2.24, 2.45) is 0 Å². The van der Waals surface area contributed by atoms with Crippen molar-refractivity contribution in [2.75, 3.05) is 56.3 Å². The van der Waals surface area contributed by atoms with Crippen LogP contribution < -0.4 is 16.6 Å². The first kappa shape index (κ1) is 52.6. The average molecular weight is 988 g/mol. The van der Waals surface area contributed by atoms with Gasteiger partial charge in [-0.25, -0.2) is 18.5 Å². The fourth-order valence-electron chi connectivity index (χ4n) is 4.92. The normalized spacial score (nSPS) is 19.0. The second kappa shape index (κ2) is 24.9. The van der Waals surface area contributed by atoms with Gasteiger partial charge in [0.15, 0.2) is 5.65 Å². The molecule has 2 aromatic heterocycles. The Hall–Kier alpha value is -1.79. The van der Waals surface area contributed by atoms with Crippen LogP contribution in [0, 0.1) is 11.8 Å². The number of hydrogen-bond acceptors (Lipinski definition) is 20. The highest BCUT2D eigenvalue weighted by Gasteiger charge is 2.44. The van der Waals surface area contributed by atoms with Crippen LogP contribution in [0.15, 0.2) is 11.0 Å². The molecule has 3 rings (SSSR count). The predicted octanol–water partition coefficient (Wildman–Crippen LogP) is 4.63. The number of fused-ring (bicyclic) bond motifs is 1. The molecular weight excluding hydrogens is 940 g/mol. The van der Waals surface area contributed by atoms with E-state index in [-0.39, 0.29) is 58.8 Å². The highest BCUT2D eigenvalue weighted by Crippen LogP contribution is 2.66. The highest BCUT2D eigenvalue weighted by atomic mass is 33.1. The van der Waals surface area contributed by atoms with Gasteiger partial charge in [-0.2, -0.15) is 13.6 Å². The number of nitrogen functional groups attached to an aromatic ring is 1. The van der Waals surface area contributed by atoms with Crippen LogP contribution in [0.25, 0.3) is 11.0 Å². The van der Waals surface area contributed by atoms with Crippen molar-refractivity contribution >= 4 is 95.7 Å². The van der Waals surface area contributed by atoms with Gasteiger partial charge in [0, 0.05) is 36.6 Å². The number of H-pyrrole nitrogens is 1. The molecule has 0 aliphatic carbocycles. The van der Waals surface area contributed by atoms with Gasteiger partial charge in [0.2, 0.25) is 5.95 Å². The summed E-state index contributed by atoms with van der Waals surface area (Å²) in [7, 11) is -10.8. The Labute approximate surface area is 360 Å². The fraction of sp³-hybridized carbons (Fsp3) is 0.667. The Morgan fingerprint density at radius 1 is 1.07 bits per heavy atom. The molecule has 2 aromatic rings. The lowest BCUT2D eigenvalue weighted by Crippen LogP contribution is -2.28. The number of anilines is 1. The Bertz CT molecular complexity index is 2010. The molecule has 5 atom stereocenters. The number of phosphoric ester groups is 1. The molecule has 8 N–H and O–H groups in total. The van der Waals surface area contributed by atoms with E-state index in [1.165, 1.54) is 39.3 Å². The number of alkyl carbamates (subject to hydrolysis) is 1. The van der Waals surface area contributed by atoms with E-state index >= 15 is 0 Å². The molecule has 1 aliphatic rings. The molecular formula is C30H48N5O18P3S4. The third-order valence-electron chi connectivity index (χ3n) is 7.43. The van der Waals surface area contributed by atoms with E-state index in [9.17, 15) is 37.9 Å². The van der Waals surface area contributed by atoms with Crippen LogP contribution in [0.3, 0.4) is 0 Å². The molecule has 1 saturated heterocycles. The maximum absolute atomic E-state index is 13.0. The van der Waals surface area contributed by atoms with E-state index in [2.05, 4.69) is 49.6 Å². The van der Waals surface area contributed by atoms with Gasteiger partial charge in [-0.15, -0.1) is 0 Å². The van der Waals surface area contributed by atoms with E-state index in [1.807, 2.05) is 6.92 Å². The maximum atomic E-state index is 13.0. The topological polar surface area (TPSA) is 329 Å². The van der Waals surface area contributed by atoms with Crippen LogP contribution >= 0.6 is 66.6 Å².